The molecule has 0 aromatic heterocycles. The first-order valence-electron chi connectivity index (χ1n) is 5.95. The van der Waals surface area contributed by atoms with Crippen LogP contribution < -0.4 is 11.1 Å². The van der Waals surface area contributed by atoms with E-state index in [9.17, 15) is 9.90 Å². The molecule has 19 heavy (non-hydrogen) atoms. The lowest BCUT2D eigenvalue weighted by Crippen LogP contribution is -2.05. The van der Waals surface area contributed by atoms with Gasteiger partial charge in [-0.25, -0.2) is 4.79 Å². The Hall–Kier alpha value is -2.49. The highest BCUT2D eigenvalue weighted by Gasteiger charge is 2.12. The van der Waals surface area contributed by atoms with Gasteiger partial charge in [0.25, 0.3) is 0 Å². The molecular weight excluding hydrogens is 240 g/mol. The van der Waals surface area contributed by atoms with Crippen LogP contribution in [0.5, 0.6) is 0 Å². The second-order valence-corrected chi connectivity index (χ2v) is 4.50. The molecule has 2 aromatic rings. The zero-order chi connectivity index (χ0) is 14.0. The van der Waals surface area contributed by atoms with Crippen LogP contribution in [0.25, 0.3) is 0 Å². The number of nitrogen functional groups attached to an aromatic ring is 1. The molecule has 0 fully saturated rings. The molecule has 4 N–H and O–H groups in total. The lowest BCUT2D eigenvalue weighted by atomic mass is 10.1. The van der Waals surface area contributed by atoms with E-state index in [0.717, 1.165) is 16.8 Å². The summed E-state index contributed by atoms with van der Waals surface area (Å²) in [5.41, 5.74) is 9.82. The van der Waals surface area contributed by atoms with Crippen molar-refractivity contribution in [2.24, 2.45) is 0 Å². The van der Waals surface area contributed by atoms with Crippen LogP contribution in [0.4, 0.5) is 17.1 Å². The van der Waals surface area contributed by atoms with Crippen molar-refractivity contribution in [1.82, 2.24) is 0 Å². The summed E-state index contributed by atoms with van der Waals surface area (Å²) in [5, 5.41) is 12.4. The summed E-state index contributed by atoms with van der Waals surface area (Å²) >= 11 is 0. The summed E-state index contributed by atoms with van der Waals surface area (Å²) in [6.45, 7) is 3.96. The third kappa shape index (κ3) is 2.68. The molecule has 4 nitrogen and oxygen atoms in total. The minimum absolute atomic E-state index is 0.169. The Morgan fingerprint density at radius 1 is 1.16 bits per heavy atom. The first-order chi connectivity index (χ1) is 8.99. The summed E-state index contributed by atoms with van der Waals surface area (Å²) < 4.78 is 0. The minimum Gasteiger partial charge on any atom is -0.478 e. The average Bonchev–Trinajstić information content (AvgIpc) is 2.35. The number of hydrogen-bond acceptors (Lipinski definition) is 3. The van der Waals surface area contributed by atoms with Crippen LogP contribution >= 0.6 is 0 Å². The van der Waals surface area contributed by atoms with Gasteiger partial charge in [-0.3, -0.25) is 0 Å². The number of hydrogen-bond donors (Lipinski definition) is 3. The summed E-state index contributed by atoms with van der Waals surface area (Å²) in [6.07, 6.45) is 0. The Morgan fingerprint density at radius 2 is 1.79 bits per heavy atom. The van der Waals surface area contributed by atoms with Crippen molar-refractivity contribution < 1.29 is 9.90 Å². The number of aromatic carboxylic acids is 1. The smallest absolute Gasteiger partial charge is 0.337 e. The second kappa shape index (κ2) is 5.02. The van der Waals surface area contributed by atoms with E-state index >= 15 is 0 Å². The van der Waals surface area contributed by atoms with Gasteiger partial charge in [-0.1, -0.05) is 18.2 Å². The van der Waals surface area contributed by atoms with Crippen LogP contribution in [0.2, 0.25) is 0 Å². The van der Waals surface area contributed by atoms with Gasteiger partial charge in [0.1, 0.15) is 0 Å². The number of anilines is 3. The van der Waals surface area contributed by atoms with Gasteiger partial charge in [0, 0.05) is 11.4 Å². The van der Waals surface area contributed by atoms with Gasteiger partial charge in [-0.15, -0.1) is 0 Å². The molecule has 0 heterocycles. The van der Waals surface area contributed by atoms with Crippen LogP contribution in [0.15, 0.2) is 36.4 Å². The monoisotopic (exact) mass is 256 g/mol. The van der Waals surface area contributed by atoms with Crippen molar-refractivity contribution in [2.75, 3.05) is 11.1 Å². The number of carboxylic acids is 1. The maximum Gasteiger partial charge on any atom is 0.337 e. The molecular formula is C15H16N2O2. The predicted molar refractivity (Wildman–Crippen MR) is 77.0 cm³/mol. The molecule has 0 aliphatic rings. The number of aryl methyl sites for hydroxylation is 2. The number of carbonyl (C=O) groups is 1. The van der Waals surface area contributed by atoms with E-state index in [0.29, 0.717) is 11.4 Å². The summed E-state index contributed by atoms with van der Waals surface area (Å²) in [5.74, 6) is -0.999. The first-order valence-corrected chi connectivity index (χ1v) is 5.95. The molecule has 0 saturated carbocycles. The standard InChI is InChI=1S/C15H16N2O2/c1-9-4-3-5-10(2)14(9)17-13-7-6-11(16)8-12(13)15(18)19/h3-8,17H,16H2,1-2H3,(H,18,19). The van der Waals surface area contributed by atoms with Crippen LogP contribution in [0.3, 0.4) is 0 Å². The summed E-state index contributed by atoms with van der Waals surface area (Å²) in [7, 11) is 0. The van der Waals surface area contributed by atoms with Crippen molar-refractivity contribution >= 4 is 23.0 Å². The fraction of sp³-hybridized carbons (Fsp3) is 0.133. The van der Waals surface area contributed by atoms with Crippen LogP contribution in [-0.4, -0.2) is 11.1 Å². The Bertz CT molecular complexity index is 616. The number of para-hydroxylation sites is 1. The second-order valence-electron chi connectivity index (χ2n) is 4.50. The molecule has 4 heteroatoms. The molecule has 0 unspecified atom stereocenters. The predicted octanol–water partition coefficient (Wildman–Crippen LogP) is 3.33. The minimum atomic E-state index is -0.999. The van der Waals surface area contributed by atoms with E-state index in [1.54, 1.807) is 12.1 Å². The first kappa shape index (κ1) is 13.0. The van der Waals surface area contributed by atoms with Crippen molar-refractivity contribution in [3.05, 3.63) is 53.1 Å². The van der Waals surface area contributed by atoms with E-state index in [4.69, 9.17) is 5.73 Å². The van der Waals surface area contributed by atoms with E-state index in [-0.39, 0.29) is 5.56 Å². The zero-order valence-electron chi connectivity index (χ0n) is 10.9. The molecule has 0 aliphatic carbocycles. The topological polar surface area (TPSA) is 75.3 Å². The molecule has 98 valence electrons. The Labute approximate surface area is 111 Å². The number of rotatable bonds is 3. The van der Waals surface area contributed by atoms with Crippen LogP contribution in [0.1, 0.15) is 21.5 Å². The van der Waals surface area contributed by atoms with Crippen LogP contribution in [-0.2, 0) is 0 Å². The molecule has 0 bridgehead atoms. The van der Waals surface area contributed by atoms with Gasteiger partial charge < -0.3 is 16.2 Å². The number of nitrogens with two attached hydrogens (primary N) is 1. The van der Waals surface area contributed by atoms with Gasteiger partial charge in [0.2, 0.25) is 0 Å². The van der Waals surface area contributed by atoms with E-state index in [2.05, 4.69) is 5.32 Å². The SMILES string of the molecule is Cc1cccc(C)c1Nc1ccc(N)cc1C(=O)O. The molecule has 2 rings (SSSR count). The molecule has 0 spiro atoms. The fourth-order valence-corrected chi connectivity index (χ4v) is 1.99. The largest absolute Gasteiger partial charge is 0.478 e. The highest BCUT2D eigenvalue weighted by molar-refractivity contribution is 5.96. The summed E-state index contributed by atoms with van der Waals surface area (Å²) in [4.78, 5) is 11.2. The van der Waals surface area contributed by atoms with E-state index < -0.39 is 5.97 Å². The third-order valence-electron chi connectivity index (χ3n) is 3.01. The van der Waals surface area contributed by atoms with Crippen LogP contribution in [0, 0.1) is 13.8 Å². The van der Waals surface area contributed by atoms with E-state index in [1.165, 1.54) is 6.07 Å². The zero-order valence-corrected chi connectivity index (χ0v) is 10.9. The lowest BCUT2D eigenvalue weighted by Gasteiger charge is -2.14. The molecule has 0 amide bonds. The Morgan fingerprint density at radius 3 is 2.37 bits per heavy atom. The fourth-order valence-electron chi connectivity index (χ4n) is 1.99. The molecule has 0 atom stereocenters. The maximum atomic E-state index is 11.2. The normalized spacial score (nSPS) is 10.2. The maximum absolute atomic E-state index is 11.2. The van der Waals surface area contributed by atoms with Crippen molar-refractivity contribution in [3.63, 3.8) is 0 Å². The third-order valence-corrected chi connectivity index (χ3v) is 3.01. The van der Waals surface area contributed by atoms with Crippen molar-refractivity contribution in [2.45, 2.75) is 13.8 Å². The summed E-state index contributed by atoms with van der Waals surface area (Å²) in [6, 6.07) is 10.8. The molecule has 0 radical (unpaired) electrons. The van der Waals surface area contributed by atoms with Crippen molar-refractivity contribution in [3.8, 4) is 0 Å². The quantitative estimate of drug-likeness (QED) is 0.736. The molecule has 2 aromatic carbocycles. The lowest BCUT2D eigenvalue weighted by molar-refractivity contribution is 0.0698. The number of benzene rings is 2. The molecule has 0 aliphatic heterocycles. The highest BCUT2D eigenvalue weighted by atomic mass is 16.4. The number of nitrogens with one attached hydrogen (secondary N) is 1. The van der Waals surface area contributed by atoms with Gasteiger partial charge in [0.15, 0.2) is 0 Å². The Kier molecular flexibility index (Phi) is 3.42. The van der Waals surface area contributed by atoms with Crippen molar-refractivity contribution in [1.29, 1.82) is 0 Å². The van der Waals surface area contributed by atoms with Gasteiger partial charge >= 0.3 is 5.97 Å². The highest BCUT2D eigenvalue weighted by Crippen LogP contribution is 2.27. The van der Waals surface area contributed by atoms with Gasteiger partial charge in [0.05, 0.1) is 11.3 Å². The molecule has 0 saturated heterocycles. The number of carboxylic acid groups (broad SMARTS) is 1. The van der Waals surface area contributed by atoms with Gasteiger partial charge in [-0.2, -0.15) is 0 Å². The van der Waals surface area contributed by atoms with E-state index in [1.807, 2.05) is 32.0 Å². The van der Waals surface area contributed by atoms with Gasteiger partial charge in [-0.05, 0) is 43.2 Å². The average molecular weight is 256 g/mol. The Balaban J connectivity index is 2.47.